The van der Waals surface area contributed by atoms with Gasteiger partial charge in [-0.05, 0) is 23.7 Å². The number of ketones is 1. The van der Waals surface area contributed by atoms with Gasteiger partial charge in [0.15, 0.2) is 10.3 Å². The molecule has 0 atom stereocenters. The number of methoxy groups -OCH3 is 1. The Labute approximate surface area is 145 Å². The summed E-state index contributed by atoms with van der Waals surface area (Å²) in [5, 5.41) is 24.1. The van der Waals surface area contributed by atoms with Gasteiger partial charge in [-0.1, -0.05) is 23.1 Å². The molecule has 8 nitrogen and oxygen atoms in total. The summed E-state index contributed by atoms with van der Waals surface area (Å²) in [6.45, 7) is 1.83. The van der Waals surface area contributed by atoms with Crippen LogP contribution in [0.3, 0.4) is 0 Å². The number of benzene rings is 1. The van der Waals surface area contributed by atoms with Crippen LogP contribution in [0.2, 0.25) is 0 Å². The predicted molar refractivity (Wildman–Crippen MR) is 83.7 cm³/mol. The Bertz CT molecular complexity index is 860. The van der Waals surface area contributed by atoms with Crippen LogP contribution in [-0.2, 0) is 0 Å². The van der Waals surface area contributed by atoms with Crippen molar-refractivity contribution in [2.24, 2.45) is 0 Å². The molecule has 0 saturated heterocycles. The van der Waals surface area contributed by atoms with E-state index in [4.69, 9.17) is 4.74 Å². The smallest absolute Gasteiger partial charge is 0.307 e. The van der Waals surface area contributed by atoms with E-state index < -0.39 is 11.7 Å². The SMILES string of the molecule is COc1ccc(-[n+]2noc([O-])c2C(=O)CSc2nnc(C)s2)cc1. The highest BCUT2D eigenvalue weighted by atomic mass is 32.2. The van der Waals surface area contributed by atoms with Gasteiger partial charge in [-0.15, -0.1) is 10.2 Å². The fourth-order valence-corrected chi connectivity index (χ4v) is 3.59. The average Bonchev–Trinajstić information content (AvgIpc) is 3.18. The summed E-state index contributed by atoms with van der Waals surface area (Å²) in [5.41, 5.74) is 0.399. The summed E-state index contributed by atoms with van der Waals surface area (Å²) in [7, 11) is 1.55. The second kappa shape index (κ2) is 6.97. The summed E-state index contributed by atoms with van der Waals surface area (Å²) in [6, 6.07) is 6.76. The van der Waals surface area contributed by atoms with Gasteiger partial charge in [-0.2, -0.15) is 0 Å². The van der Waals surface area contributed by atoms with E-state index in [-0.39, 0.29) is 11.4 Å². The number of hydrogen-bond acceptors (Lipinski definition) is 9. The lowest BCUT2D eigenvalue weighted by molar-refractivity contribution is -0.672. The molecule has 0 aliphatic rings. The summed E-state index contributed by atoms with van der Waals surface area (Å²) >= 11 is 2.61. The molecule has 0 aliphatic heterocycles. The van der Waals surface area contributed by atoms with Gasteiger partial charge >= 0.3 is 5.69 Å². The largest absolute Gasteiger partial charge is 0.539 e. The van der Waals surface area contributed by atoms with Crippen LogP contribution >= 0.6 is 23.1 Å². The quantitative estimate of drug-likeness (QED) is 0.365. The number of thioether (sulfide) groups is 1. The Hall–Kier alpha value is -2.46. The summed E-state index contributed by atoms with van der Waals surface area (Å²) in [4.78, 5) is 12.4. The Morgan fingerprint density at radius 1 is 1.38 bits per heavy atom. The molecule has 10 heteroatoms. The van der Waals surface area contributed by atoms with Crippen molar-refractivity contribution in [3.63, 3.8) is 0 Å². The molecular weight excluding hydrogens is 352 g/mol. The molecule has 2 aromatic heterocycles. The number of nitrogens with zero attached hydrogens (tertiary/aromatic N) is 4. The van der Waals surface area contributed by atoms with Gasteiger partial charge in [0.05, 0.1) is 18.1 Å². The molecule has 3 aromatic rings. The van der Waals surface area contributed by atoms with Crippen molar-refractivity contribution >= 4 is 28.9 Å². The Kier molecular flexibility index (Phi) is 4.76. The van der Waals surface area contributed by atoms with Gasteiger partial charge in [0.25, 0.3) is 0 Å². The van der Waals surface area contributed by atoms with Crippen molar-refractivity contribution in [3.05, 3.63) is 35.0 Å². The molecule has 0 fully saturated rings. The van der Waals surface area contributed by atoms with E-state index in [9.17, 15) is 9.90 Å². The van der Waals surface area contributed by atoms with E-state index >= 15 is 0 Å². The third-order valence-electron chi connectivity index (χ3n) is 3.03. The first kappa shape index (κ1) is 16.4. The van der Waals surface area contributed by atoms with Crippen LogP contribution in [0.15, 0.2) is 33.1 Å². The third kappa shape index (κ3) is 3.39. The van der Waals surface area contributed by atoms with E-state index in [1.54, 1.807) is 31.4 Å². The van der Waals surface area contributed by atoms with Gasteiger partial charge in [-0.25, -0.2) is 0 Å². The highest BCUT2D eigenvalue weighted by molar-refractivity contribution is 8.01. The maximum absolute atomic E-state index is 12.4. The summed E-state index contributed by atoms with van der Waals surface area (Å²) < 4.78 is 11.6. The second-order valence-electron chi connectivity index (χ2n) is 4.62. The zero-order valence-corrected chi connectivity index (χ0v) is 14.4. The first-order chi connectivity index (χ1) is 11.6. The van der Waals surface area contributed by atoms with Gasteiger partial charge in [0.1, 0.15) is 10.8 Å². The number of carbonyl (C=O) groups is 1. The van der Waals surface area contributed by atoms with Gasteiger partial charge in [0.2, 0.25) is 11.5 Å². The fraction of sp³-hybridized carbons (Fsp3) is 0.214. The molecule has 124 valence electrons. The number of aromatic nitrogens is 4. The van der Waals surface area contributed by atoms with Crippen LogP contribution in [0.5, 0.6) is 11.7 Å². The molecule has 0 radical (unpaired) electrons. The lowest BCUT2D eigenvalue weighted by atomic mass is 10.2. The van der Waals surface area contributed by atoms with Crippen molar-refractivity contribution in [2.45, 2.75) is 11.3 Å². The Balaban J connectivity index is 1.81. The molecule has 0 unspecified atom stereocenters. The normalized spacial score (nSPS) is 10.8. The second-order valence-corrected chi connectivity index (χ2v) is 7.02. The highest BCUT2D eigenvalue weighted by Crippen LogP contribution is 2.23. The highest BCUT2D eigenvalue weighted by Gasteiger charge is 2.27. The van der Waals surface area contributed by atoms with E-state index in [2.05, 4.69) is 20.0 Å². The first-order valence-corrected chi connectivity index (χ1v) is 8.58. The van der Waals surface area contributed by atoms with Crippen LogP contribution in [0.25, 0.3) is 5.69 Å². The van der Waals surface area contributed by atoms with Crippen molar-refractivity contribution in [2.75, 3.05) is 12.9 Å². The zero-order chi connectivity index (χ0) is 17.1. The van der Waals surface area contributed by atoms with Crippen LogP contribution in [0, 0.1) is 6.92 Å². The molecule has 2 heterocycles. The Morgan fingerprint density at radius 3 is 2.75 bits per heavy atom. The first-order valence-electron chi connectivity index (χ1n) is 6.78. The minimum atomic E-state index is -0.773. The third-order valence-corrected chi connectivity index (χ3v) is 5.00. The predicted octanol–water partition coefficient (Wildman–Crippen LogP) is 1.17. The van der Waals surface area contributed by atoms with Crippen LogP contribution in [0.4, 0.5) is 0 Å². The Morgan fingerprint density at radius 2 is 2.12 bits per heavy atom. The lowest BCUT2D eigenvalue weighted by Gasteiger charge is -1.99. The molecular formula is C14H12N4O4S2. The van der Waals surface area contributed by atoms with Crippen molar-refractivity contribution in [3.8, 4) is 17.4 Å². The van der Waals surface area contributed by atoms with Crippen molar-refractivity contribution in [1.82, 2.24) is 15.5 Å². The number of aryl methyl sites for hydroxylation is 1. The van der Waals surface area contributed by atoms with Gasteiger partial charge in [-0.3, -0.25) is 4.79 Å². The number of rotatable bonds is 6. The number of carbonyl (C=O) groups excluding carboxylic acids is 1. The zero-order valence-electron chi connectivity index (χ0n) is 12.8. The van der Waals surface area contributed by atoms with Crippen LogP contribution < -0.4 is 14.5 Å². The fourth-order valence-electron chi connectivity index (χ4n) is 1.91. The molecule has 0 amide bonds. The molecule has 0 saturated carbocycles. The summed E-state index contributed by atoms with van der Waals surface area (Å²) in [6.07, 6.45) is 0. The van der Waals surface area contributed by atoms with E-state index in [0.717, 1.165) is 5.01 Å². The van der Waals surface area contributed by atoms with Crippen molar-refractivity contribution < 1.29 is 23.8 Å². The number of Topliss-reactive ketones (excluding diaryl/α,β-unsaturated/α-hetero) is 1. The van der Waals surface area contributed by atoms with E-state index in [1.807, 2.05) is 6.92 Å². The molecule has 0 spiro atoms. The lowest BCUT2D eigenvalue weighted by Crippen LogP contribution is -2.39. The molecule has 1 aromatic carbocycles. The van der Waals surface area contributed by atoms with Crippen molar-refractivity contribution in [1.29, 1.82) is 0 Å². The number of hydrogen-bond donors (Lipinski definition) is 0. The minimum absolute atomic E-state index is 0.0429. The molecule has 0 N–H and O–H groups in total. The molecule has 0 aliphatic carbocycles. The maximum atomic E-state index is 12.4. The average molecular weight is 364 g/mol. The number of ether oxygens (including phenoxy) is 1. The van der Waals surface area contributed by atoms with Crippen LogP contribution in [0.1, 0.15) is 15.5 Å². The summed E-state index contributed by atoms with van der Waals surface area (Å²) in [5.74, 6) is -0.471. The van der Waals surface area contributed by atoms with Gasteiger partial charge < -0.3 is 14.4 Å². The molecule has 0 bridgehead atoms. The maximum Gasteiger partial charge on any atom is 0.307 e. The van der Waals surface area contributed by atoms with E-state index in [0.29, 0.717) is 15.8 Å². The topological polar surface area (TPSA) is 105 Å². The van der Waals surface area contributed by atoms with Gasteiger partial charge in [0, 0.05) is 12.1 Å². The minimum Gasteiger partial charge on any atom is -0.539 e. The molecule has 24 heavy (non-hydrogen) atoms. The standard InChI is InChI=1S/C14H12N4O4S2/c1-8-15-16-14(24-8)23-7-11(19)12-13(20)22-17-18(12)9-3-5-10(21-2)6-4-9/h3-6H,7H2,1-2H3. The van der Waals surface area contributed by atoms with Crippen LogP contribution in [-0.4, -0.2) is 34.1 Å². The molecule has 3 rings (SSSR count). The van der Waals surface area contributed by atoms with E-state index in [1.165, 1.54) is 27.8 Å². The monoisotopic (exact) mass is 364 g/mol.